The first kappa shape index (κ1) is 33.2. The minimum absolute atomic E-state index is 0.839. The number of furan rings is 1. The third kappa shape index (κ3) is 5.42. The summed E-state index contributed by atoms with van der Waals surface area (Å²) in [5, 5.41) is 9.50. The topological polar surface area (TPSA) is 34.2 Å². The van der Waals surface area contributed by atoms with Crippen molar-refractivity contribution in [1.29, 1.82) is 0 Å². The van der Waals surface area contributed by atoms with Gasteiger partial charge in [0.05, 0.1) is 27.8 Å². The lowest BCUT2D eigenvalue weighted by Crippen LogP contribution is -2.10. The Balaban J connectivity index is 0.959. The number of pyridine rings is 1. The van der Waals surface area contributed by atoms with Crippen molar-refractivity contribution >= 4 is 82.4 Å². The molecule has 0 N–H and O–H groups in total. The zero-order valence-electron chi connectivity index (χ0n) is 32.0. The van der Waals surface area contributed by atoms with Crippen LogP contribution in [0.15, 0.2) is 217 Å². The molecule has 0 aliphatic carbocycles. The van der Waals surface area contributed by atoms with E-state index in [-0.39, 0.29) is 0 Å². The number of rotatable bonds is 6. The number of benzene rings is 9. The Kier molecular flexibility index (Phi) is 7.50. The number of nitrogens with zero attached hydrogens (tertiary/aromatic N) is 3. The molecular weight excluding hydrogens is 719 g/mol. The predicted molar refractivity (Wildman–Crippen MR) is 246 cm³/mol. The van der Waals surface area contributed by atoms with Crippen molar-refractivity contribution in [3.63, 3.8) is 0 Å². The minimum Gasteiger partial charge on any atom is -0.456 e. The summed E-state index contributed by atoms with van der Waals surface area (Å²) < 4.78 is 8.60. The average molecular weight is 754 g/mol. The second-order valence-corrected chi connectivity index (χ2v) is 15.2. The number of hydrogen-bond donors (Lipinski definition) is 0. The van der Waals surface area contributed by atoms with Gasteiger partial charge >= 0.3 is 0 Å². The number of para-hydroxylation sites is 2. The van der Waals surface area contributed by atoms with Gasteiger partial charge in [-0.3, -0.25) is 4.98 Å². The molecule has 59 heavy (non-hydrogen) atoms. The highest BCUT2D eigenvalue weighted by molar-refractivity contribution is 6.14. The van der Waals surface area contributed by atoms with E-state index in [1.54, 1.807) is 0 Å². The Bertz CT molecular complexity index is 3550. The molecule has 0 spiro atoms. The molecule has 12 rings (SSSR count). The van der Waals surface area contributed by atoms with Crippen molar-refractivity contribution in [2.24, 2.45) is 0 Å². The lowest BCUT2D eigenvalue weighted by Gasteiger charge is -2.27. The molecule has 9 aromatic carbocycles. The maximum atomic E-state index is 6.20. The number of aromatic nitrogens is 2. The van der Waals surface area contributed by atoms with Gasteiger partial charge in [0.25, 0.3) is 0 Å². The van der Waals surface area contributed by atoms with Gasteiger partial charge in [0.15, 0.2) is 0 Å². The SMILES string of the molecule is c1cc(-c2ccc(-n3c4ccccc4c4cc5ccccc5cc43)cc2)cc(N(c2ccc(-c3nccc4oc5ccccc5c34)cc2)c2cccc3ccccc23)c1. The van der Waals surface area contributed by atoms with Crippen LogP contribution in [0.4, 0.5) is 17.1 Å². The van der Waals surface area contributed by atoms with E-state index < -0.39 is 0 Å². The van der Waals surface area contributed by atoms with Crippen LogP contribution in [0.3, 0.4) is 0 Å². The van der Waals surface area contributed by atoms with Gasteiger partial charge in [0, 0.05) is 50.4 Å². The first-order valence-corrected chi connectivity index (χ1v) is 20.0. The lowest BCUT2D eigenvalue weighted by atomic mass is 10.0. The van der Waals surface area contributed by atoms with Crippen LogP contribution >= 0.6 is 0 Å². The molecule has 0 radical (unpaired) electrons. The van der Waals surface area contributed by atoms with E-state index in [1.807, 2.05) is 24.4 Å². The van der Waals surface area contributed by atoms with Gasteiger partial charge in [-0.05, 0) is 100 Å². The molecule has 0 saturated carbocycles. The molecule has 0 aliphatic heterocycles. The summed E-state index contributed by atoms with van der Waals surface area (Å²) in [6.45, 7) is 0. The van der Waals surface area contributed by atoms with Gasteiger partial charge in [-0.1, -0.05) is 133 Å². The van der Waals surface area contributed by atoms with E-state index in [9.17, 15) is 0 Å². The Hall–Kier alpha value is -7.95. The number of anilines is 3. The zero-order chi connectivity index (χ0) is 38.9. The zero-order valence-corrected chi connectivity index (χ0v) is 32.0. The predicted octanol–water partition coefficient (Wildman–Crippen LogP) is 15.2. The molecule has 12 aromatic rings. The van der Waals surface area contributed by atoms with Gasteiger partial charge in [-0.15, -0.1) is 0 Å². The second-order valence-electron chi connectivity index (χ2n) is 15.2. The third-order valence-corrected chi connectivity index (χ3v) is 11.8. The van der Waals surface area contributed by atoms with Crippen molar-refractivity contribution in [1.82, 2.24) is 9.55 Å². The molecule has 3 aromatic heterocycles. The van der Waals surface area contributed by atoms with Crippen LogP contribution < -0.4 is 4.90 Å². The molecule has 4 nitrogen and oxygen atoms in total. The van der Waals surface area contributed by atoms with Crippen LogP contribution in [0.2, 0.25) is 0 Å². The van der Waals surface area contributed by atoms with Crippen molar-refractivity contribution in [2.45, 2.75) is 0 Å². The van der Waals surface area contributed by atoms with Crippen LogP contribution in [0, 0.1) is 0 Å². The Labute approximate surface area is 340 Å². The van der Waals surface area contributed by atoms with E-state index in [1.165, 1.54) is 43.4 Å². The highest BCUT2D eigenvalue weighted by Crippen LogP contribution is 2.42. The first-order chi connectivity index (χ1) is 29.2. The first-order valence-electron chi connectivity index (χ1n) is 20.0. The van der Waals surface area contributed by atoms with Crippen molar-refractivity contribution in [3.05, 3.63) is 212 Å². The Morgan fingerprint density at radius 2 is 1.08 bits per heavy atom. The average Bonchev–Trinajstić information content (AvgIpc) is 3.84. The molecular formula is C55H35N3O. The highest BCUT2D eigenvalue weighted by Gasteiger charge is 2.19. The molecule has 0 fully saturated rings. The number of fused-ring (bicyclic) bond motifs is 8. The summed E-state index contributed by atoms with van der Waals surface area (Å²) in [7, 11) is 0. The van der Waals surface area contributed by atoms with Gasteiger partial charge in [-0.2, -0.15) is 0 Å². The normalized spacial score (nSPS) is 11.7. The molecule has 0 saturated heterocycles. The van der Waals surface area contributed by atoms with E-state index in [4.69, 9.17) is 9.40 Å². The van der Waals surface area contributed by atoms with E-state index >= 15 is 0 Å². The second kappa shape index (κ2) is 13.3. The van der Waals surface area contributed by atoms with Gasteiger partial charge < -0.3 is 13.9 Å². The van der Waals surface area contributed by atoms with Crippen molar-refractivity contribution < 1.29 is 4.42 Å². The molecule has 276 valence electrons. The van der Waals surface area contributed by atoms with Crippen LogP contribution in [0.25, 0.3) is 93.4 Å². The third-order valence-electron chi connectivity index (χ3n) is 11.8. The largest absolute Gasteiger partial charge is 0.456 e. The summed E-state index contributed by atoms with van der Waals surface area (Å²) in [5.41, 5.74) is 12.7. The maximum Gasteiger partial charge on any atom is 0.139 e. The quantitative estimate of drug-likeness (QED) is 0.170. The number of hydrogen-bond acceptors (Lipinski definition) is 3. The summed E-state index contributed by atoms with van der Waals surface area (Å²) >= 11 is 0. The van der Waals surface area contributed by atoms with Crippen molar-refractivity contribution in [2.75, 3.05) is 4.90 Å². The van der Waals surface area contributed by atoms with E-state index in [2.05, 4.69) is 198 Å². The minimum atomic E-state index is 0.839. The lowest BCUT2D eigenvalue weighted by molar-refractivity contribution is 0.668. The summed E-state index contributed by atoms with van der Waals surface area (Å²) in [6.07, 6.45) is 1.83. The van der Waals surface area contributed by atoms with Crippen LogP contribution in [-0.4, -0.2) is 9.55 Å². The van der Waals surface area contributed by atoms with Crippen LogP contribution in [0.5, 0.6) is 0 Å². The molecule has 0 amide bonds. The van der Waals surface area contributed by atoms with Gasteiger partial charge in [0.1, 0.15) is 11.2 Å². The van der Waals surface area contributed by atoms with E-state index in [0.717, 1.165) is 67.1 Å². The Morgan fingerprint density at radius 1 is 0.407 bits per heavy atom. The maximum absolute atomic E-state index is 6.20. The smallest absolute Gasteiger partial charge is 0.139 e. The van der Waals surface area contributed by atoms with Gasteiger partial charge in [0.2, 0.25) is 0 Å². The molecule has 3 heterocycles. The standard InChI is InChI=1S/C55H35N3O/c1-2-13-41-35-51-48(34-40(41)12-1)46-18-5-7-20-50(46)58(51)43-27-23-36(24-28-43)39-15-9-16-44(33-39)57(49-21-10-14-37-11-3-4-17-45(37)49)42-29-25-38(26-30-42)55-54-47-19-6-8-22-52(47)59-53(54)31-32-56-55/h1-35H. The van der Waals surface area contributed by atoms with Crippen LogP contribution in [0.1, 0.15) is 0 Å². The molecule has 0 bridgehead atoms. The monoisotopic (exact) mass is 753 g/mol. The van der Waals surface area contributed by atoms with Crippen LogP contribution in [-0.2, 0) is 0 Å². The molecule has 0 aliphatic rings. The summed E-state index contributed by atoms with van der Waals surface area (Å²) in [5.74, 6) is 0. The molecule has 4 heteroatoms. The van der Waals surface area contributed by atoms with Crippen molar-refractivity contribution in [3.8, 4) is 28.1 Å². The fraction of sp³-hybridized carbons (Fsp3) is 0. The van der Waals surface area contributed by atoms with E-state index in [0.29, 0.717) is 0 Å². The molecule has 0 unspecified atom stereocenters. The fourth-order valence-electron chi connectivity index (χ4n) is 9.05. The highest BCUT2D eigenvalue weighted by atomic mass is 16.3. The summed E-state index contributed by atoms with van der Waals surface area (Å²) in [4.78, 5) is 7.23. The summed E-state index contributed by atoms with van der Waals surface area (Å²) in [6, 6.07) is 73.9. The fourth-order valence-corrected chi connectivity index (χ4v) is 9.05. The molecule has 0 atom stereocenters. The van der Waals surface area contributed by atoms with Gasteiger partial charge in [-0.25, -0.2) is 0 Å². The Morgan fingerprint density at radius 3 is 1.93 bits per heavy atom.